The molecule has 0 saturated heterocycles. The van der Waals surface area contributed by atoms with E-state index in [4.69, 9.17) is 4.98 Å². The van der Waals surface area contributed by atoms with Gasteiger partial charge in [-0.1, -0.05) is 60.7 Å². The van der Waals surface area contributed by atoms with Gasteiger partial charge in [0.25, 0.3) is 0 Å². The van der Waals surface area contributed by atoms with Gasteiger partial charge in [-0.15, -0.1) is 0 Å². The molecule has 4 rings (SSSR count). The maximum Gasteiger partial charge on any atom is 0.227 e. The number of benzene rings is 2. The van der Waals surface area contributed by atoms with Crippen LogP contribution in [-0.4, -0.2) is 46.8 Å². The highest BCUT2D eigenvalue weighted by molar-refractivity contribution is 6.00. The summed E-state index contributed by atoms with van der Waals surface area (Å²) in [5, 5.41) is 2.71. The Morgan fingerprint density at radius 1 is 1.03 bits per heavy atom. The van der Waals surface area contributed by atoms with Crippen LogP contribution >= 0.6 is 0 Å². The summed E-state index contributed by atoms with van der Waals surface area (Å²) in [7, 11) is 3.67. The zero-order valence-corrected chi connectivity index (χ0v) is 18.0. The molecule has 3 aromatic rings. The lowest BCUT2D eigenvalue weighted by atomic mass is 9.91. The highest BCUT2D eigenvalue weighted by Crippen LogP contribution is 2.29. The molecule has 1 aromatic heterocycles. The van der Waals surface area contributed by atoms with Crippen molar-refractivity contribution in [2.45, 2.75) is 31.8 Å². The lowest BCUT2D eigenvalue weighted by Gasteiger charge is -2.16. The molecule has 1 N–H and O–H groups in total. The lowest BCUT2D eigenvalue weighted by molar-refractivity contribution is -0.122. The summed E-state index contributed by atoms with van der Waals surface area (Å²) in [6.45, 7) is 2.45. The van der Waals surface area contributed by atoms with E-state index in [9.17, 15) is 9.59 Å². The molecule has 6 nitrogen and oxygen atoms in total. The van der Waals surface area contributed by atoms with Gasteiger partial charge in [0.2, 0.25) is 5.91 Å². The number of nitrogens with zero attached hydrogens (tertiary/aromatic N) is 3. The second-order valence-electron chi connectivity index (χ2n) is 8.04. The molecule has 0 saturated carbocycles. The van der Waals surface area contributed by atoms with Crippen molar-refractivity contribution in [3.05, 3.63) is 77.6 Å². The van der Waals surface area contributed by atoms with Gasteiger partial charge in [-0.25, -0.2) is 4.98 Å². The van der Waals surface area contributed by atoms with Crippen LogP contribution in [0, 0.1) is 0 Å². The van der Waals surface area contributed by atoms with Gasteiger partial charge in [0.1, 0.15) is 11.5 Å². The predicted molar refractivity (Wildman–Crippen MR) is 121 cm³/mol. The number of likely N-dealkylation sites (N-methyl/N-ethyl adjacent to an activating group) is 1. The third-order valence-electron chi connectivity index (χ3n) is 5.86. The Morgan fingerprint density at radius 3 is 2.39 bits per heavy atom. The van der Waals surface area contributed by atoms with Crippen LogP contribution in [-0.2, 0) is 17.9 Å². The second kappa shape index (κ2) is 9.27. The summed E-state index contributed by atoms with van der Waals surface area (Å²) < 4.78 is 2.18. The first kappa shape index (κ1) is 21.0. The quantitative estimate of drug-likeness (QED) is 0.625. The fourth-order valence-electron chi connectivity index (χ4n) is 4.26. The number of hydrogen-bond acceptors (Lipinski definition) is 4. The number of rotatable bonds is 6. The normalized spacial score (nSPS) is 15.0. The summed E-state index contributed by atoms with van der Waals surface area (Å²) in [6.07, 6.45) is 1.09. The first-order valence-corrected chi connectivity index (χ1v) is 10.7. The first-order valence-electron chi connectivity index (χ1n) is 10.7. The average molecular weight is 417 g/mol. The summed E-state index contributed by atoms with van der Waals surface area (Å²) in [4.78, 5) is 33.2. The molecule has 31 heavy (non-hydrogen) atoms. The molecular weight excluding hydrogens is 388 g/mol. The molecule has 0 radical (unpaired) electrons. The largest absolute Gasteiger partial charge is 0.359 e. The Morgan fingerprint density at radius 2 is 1.71 bits per heavy atom. The van der Waals surface area contributed by atoms with Crippen LogP contribution in [0.15, 0.2) is 60.7 Å². The minimum Gasteiger partial charge on any atom is -0.359 e. The van der Waals surface area contributed by atoms with Crippen molar-refractivity contribution in [1.82, 2.24) is 19.8 Å². The Balaban J connectivity index is 1.73. The highest BCUT2D eigenvalue weighted by Gasteiger charge is 2.29. The van der Waals surface area contributed by atoms with Gasteiger partial charge in [-0.05, 0) is 25.6 Å². The van der Waals surface area contributed by atoms with Gasteiger partial charge in [-0.2, -0.15) is 0 Å². The third kappa shape index (κ3) is 4.44. The minimum atomic E-state index is -0.542. The molecule has 1 atom stereocenters. The van der Waals surface area contributed by atoms with Crippen molar-refractivity contribution in [2.24, 2.45) is 0 Å². The number of carbonyl (C=O) groups excluding carboxylic acids is 2. The molecule has 1 aliphatic heterocycles. The van der Waals surface area contributed by atoms with Gasteiger partial charge < -0.3 is 14.8 Å². The summed E-state index contributed by atoms with van der Waals surface area (Å²) in [5.74, 6) is 0.0223. The van der Waals surface area contributed by atoms with Crippen molar-refractivity contribution in [3.8, 4) is 11.4 Å². The fourth-order valence-corrected chi connectivity index (χ4v) is 4.26. The van der Waals surface area contributed by atoms with E-state index in [1.54, 1.807) is 7.05 Å². The van der Waals surface area contributed by atoms with Gasteiger partial charge in [0, 0.05) is 32.1 Å². The van der Waals surface area contributed by atoms with Crippen molar-refractivity contribution in [1.29, 1.82) is 0 Å². The average Bonchev–Trinajstić information content (AvgIpc) is 3.04. The third-order valence-corrected chi connectivity index (χ3v) is 5.86. The Kier molecular flexibility index (Phi) is 6.28. The number of Topliss-reactive ketones (excluding diaryl/α,β-unsaturated/α-hetero) is 1. The maximum atomic E-state index is 13.5. The zero-order valence-electron chi connectivity index (χ0n) is 18.0. The smallest absolute Gasteiger partial charge is 0.227 e. The maximum absolute atomic E-state index is 13.5. The number of aromatic nitrogens is 2. The van der Waals surface area contributed by atoms with Crippen molar-refractivity contribution in [2.75, 3.05) is 20.6 Å². The molecule has 0 bridgehead atoms. The Bertz CT molecular complexity index is 1060. The predicted octanol–water partition coefficient (Wildman–Crippen LogP) is 3.49. The fraction of sp³-hybridized carbons (Fsp3) is 0.320. The molecule has 0 fully saturated rings. The first-order chi connectivity index (χ1) is 15.1. The minimum absolute atomic E-state index is 0.0889. The molecule has 1 aliphatic rings. The SMILES string of the molecule is CNC(=O)[C@@H](CC(=O)c1nc(-c2ccccc2)n2c1CN(C)CCC2)c1ccccc1. The number of ketones is 1. The number of carbonyl (C=O) groups is 2. The van der Waals surface area contributed by atoms with E-state index >= 15 is 0 Å². The van der Waals surface area contributed by atoms with E-state index in [-0.39, 0.29) is 18.1 Å². The van der Waals surface area contributed by atoms with Gasteiger partial charge in [0.15, 0.2) is 5.78 Å². The topological polar surface area (TPSA) is 67.2 Å². The van der Waals surface area contributed by atoms with E-state index < -0.39 is 5.92 Å². The van der Waals surface area contributed by atoms with Crippen molar-refractivity contribution >= 4 is 11.7 Å². The van der Waals surface area contributed by atoms with Crippen LogP contribution in [0.1, 0.15) is 40.5 Å². The van der Waals surface area contributed by atoms with Crippen molar-refractivity contribution < 1.29 is 9.59 Å². The molecular formula is C25H28N4O2. The van der Waals surface area contributed by atoms with Crippen LogP contribution in [0.4, 0.5) is 0 Å². The van der Waals surface area contributed by atoms with Crippen LogP contribution in [0.3, 0.4) is 0 Å². The summed E-state index contributed by atoms with van der Waals surface area (Å²) in [6, 6.07) is 19.5. The Labute approximate surface area is 182 Å². The highest BCUT2D eigenvalue weighted by atomic mass is 16.2. The van der Waals surface area contributed by atoms with Crippen LogP contribution in [0.25, 0.3) is 11.4 Å². The number of nitrogens with one attached hydrogen (secondary N) is 1. The number of imidazole rings is 1. The van der Waals surface area contributed by atoms with E-state index in [2.05, 4.69) is 21.8 Å². The van der Waals surface area contributed by atoms with Crippen molar-refractivity contribution in [3.63, 3.8) is 0 Å². The zero-order chi connectivity index (χ0) is 21.8. The van der Waals surface area contributed by atoms with E-state index in [1.165, 1.54) is 0 Å². The monoisotopic (exact) mass is 416 g/mol. The second-order valence-corrected chi connectivity index (χ2v) is 8.04. The number of hydrogen-bond donors (Lipinski definition) is 1. The van der Waals surface area contributed by atoms with Crippen LogP contribution in [0.2, 0.25) is 0 Å². The molecule has 2 aromatic carbocycles. The lowest BCUT2D eigenvalue weighted by Crippen LogP contribution is -2.28. The molecule has 160 valence electrons. The van der Waals surface area contributed by atoms with Gasteiger partial charge >= 0.3 is 0 Å². The van der Waals surface area contributed by atoms with Crippen LogP contribution < -0.4 is 5.32 Å². The Hall–Kier alpha value is -3.25. The van der Waals surface area contributed by atoms with Gasteiger partial charge in [-0.3, -0.25) is 9.59 Å². The molecule has 0 spiro atoms. The number of fused-ring (bicyclic) bond motifs is 1. The molecule has 6 heteroatoms. The molecule has 0 aliphatic carbocycles. The van der Waals surface area contributed by atoms with E-state index in [0.29, 0.717) is 12.2 Å². The number of amides is 1. The molecule has 2 heterocycles. The standard InChI is InChI=1S/C25H28N4O2/c1-26-25(31)20(18-10-5-3-6-11-18)16-22(30)23-21-17-28(2)14-9-15-29(21)24(27-23)19-12-7-4-8-13-19/h3-8,10-13,20H,9,14-17H2,1-2H3,(H,26,31)/t20-/m0/s1. The molecule has 0 unspecified atom stereocenters. The summed E-state index contributed by atoms with van der Waals surface area (Å²) in [5.41, 5.74) is 3.25. The van der Waals surface area contributed by atoms with E-state index in [0.717, 1.165) is 42.2 Å². The summed E-state index contributed by atoms with van der Waals surface area (Å²) >= 11 is 0. The molecule has 1 amide bonds. The van der Waals surface area contributed by atoms with Crippen LogP contribution in [0.5, 0.6) is 0 Å². The van der Waals surface area contributed by atoms with Gasteiger partial charge in [0.05, 0.1) is 11.6 Å². The van der Waals surface area contributed by atoms with E-state index in [1.807, 2.05) is 60.7 Å².